The number of hydrogen-bond acceptors (Lipinski definition) is 7. The van der Waals surface area contributed by atoms with E-state index in [0.29, 0.717) is 45.6 Å². The van der Waals surface area contributed by atoms with Gasteiger partial charge in [-0.25, -0.2) is 15.2 Å². The number of hydrazine groups is 1. The average molecular weight is 604 g/mol. The molecule has 2 N–H and O–H groups in total. The molecule has 2 aliphatic carbocycles. The number of likely N-dealkylation sites (tertiary alicyclic amines) is 2. The third-order valence-corrected chi connectivity index (χ3v) is 11.9. The second-order valence-corrected chi connectivity index (χ2v) is 14.2. The lowest BCUT2D eigenvalue weighted by atomic mass is 9.63. The Hall–Kier alpha value is -1.05. The predicted molar refractivity (Wildman–Crippen MR) is 149 cm³/mol. The molecule has 6 fully saturated rings. The van der Waals surface area contributed by atoms with Crippen LogP contribution in [0.1, 0.15) is 58.8 Å². The molecule has 10 atom stereocenters. The SMILES string of the molecule is CCOC1CC(N2CC3C(CC([C@H](C)N4CC[C@H](F)C4)CC3C(F)(F)F)C2=O)CC(C2(CC3NNCN3C)COC2)C1. The second-order valence-electron chi connectivity index (χ2n) is 14.2. The molecule has 0 aromatic carbocycles. The average Bonchev–Trinajstić information content (AvgIpc) is 3.63. The molecule has 0 bridgehead atoms. The predicted octanol–water partition coefficient (Wildman–Crippen LogP) is 3.39. The maximum absolute atomic E-state index is 14.6. The molecule has 0 aromatic rings. The molecular formula is C30H49F4N5O3. The molecule has 0 spiro atoms. The molecular weight excluding hydrogens is 554 g/mol. The summed E-state index contributed by atoms with van der Waals surface area (Å²) in [6.07, 6.45) is -1.03. The summed E-state index contributed by atoms with van der Waals surface area (Å²) in [6.45, 7) is 7.54. The summed E-state index contributed by atoms with van der Waals surface area (Å²) in [5.41, 5.74) is 6.51. The minimum atomic E-state index is -4.37. The van der Waals surface area contributed by atoms with E-state index in [0.717, 1.165) is 25.9 Å². The van der Waals surface area contributed by atoms with E-state index < -0.39 is 30.1 Å². The number of nitrogens with zero attached hydrogens (tertiary/aromatic N) is 3. The van der Waals surface area contributed by atoms with Crippen LogP contribution in [0.4, 0.5) is 17.6 Å². The van der Waals surface area contributed by atoms with E-state index in [9.17, 15) is 22.4 Å². The Morgan fingerprint density at radius 3 is 2.52 bits per heavy atom. The summed E-state index contributed by atoms with van der Waals surface area (Å²) in [4.78, 5) is 20.1. The highest BCUT2D eigenvalue weighted by Gasteiger charge is 2.59. The molecule has 12 heteroatoms. The minimum absolute atomic E-state index is 0.0195. The summed E-state index contributed by atoms with van der Waals surface area (Å²) < 4.78 is 69.6. The molecule has 4 aliphatic heterocycles. The molecule has 8 unspecified atom stereocenters. The van der Waals surface area contributed by atoms with E-state index in [2.05, 4.69) is 22.8 Å². The van der Waals surface area contributed by atoms with Gasteiger partial charge in [0.25, 0.3) is 0 Å². The van der Waals surface area contributed by atoms with Crippen LogP contribution >= 0.6 is 0 Å². The van der Waals surface area contributed by atoms with Gasteiger partial charge in [-0.2, -0.15) is 13.2 Å². The van der Waals surface area contributed by atoms with E-state index >= 15 is 0 Å². The highest BCUT2D eigenvalue weighted by atomic mass is 19.4. The number of nitrogens with one attached hydrogen (secondary N) is 2. The van der Waals surface area contributed by atoms with Crippen LogP contribution in [0.15, 0.2) is 0 Å². The number of ether oxygens (including phenoxy) is 2. The highest BCUT2D eigenvalue weighted by molar-refractivity contribution is 5.82. The number of halogens is 4. The molecule has 1 amide bonds. The van der Waals surface area contributed by atoms with Crippen molar-refractivity contribution in [3.05, 3.63) is 0 Å². The monoisotopic (exact) mass is 603 g/mol. The summed E-state index contributed by atoms with van der Waals surface area (Å²) in [7, 11) is 2.08. The molecule has 2 saturated carbocycles. The van der Waals surface area contributed by atoms with Crippen LogP contribution in [0.2, 0.25) is 0 Å². The number of hydrogen-bond donors (Lipinski definition) is 2. The summed E-state index contributed by atoms with van der Waals surface area (Å²) in [5.74, 6) is -2.99. The topological polar surface area (TPSA) is 69.3 Å². The normalized spacial score (nSPS) is 42.1. The molecule has 0 radical (unpaired) electrons. The first kappa shape index (κ1) is 31.0. The molecule has 42 heavy (non-hydrogen) atoms. The van der Waals surface area contributed by atoms with Crippen LogP contribution in [0, 0.1) is 35.0 Å². The van der Waals surface area contributed by atoms with Gasteiger partial charge in [0.05, 0.1) is 38.1 Å². The van der Waals surface area contributed by atoms with Gasteiger partial charge < -0.3 is 14.4 Å². The van der Waals surface area contributed by atoms with E-state index in [1.54, 1.807) is 0 Å². The van der Waals surface area contributed by atoms with Gasteiger partial charge in [-0.05, 0) is 83.6 Å². The Morgan fingerprint density at radius 2 is 1.93 bits per heavy atom. The Bertz CT molecular complexity index is 970. The van der Waals surface area contributed by atoms with Crippen LogP contribution in [-0.2, 0) is 14.3 Å². The third kappa shape index (κ3) is 5.85. The molecule has 6 rings (SSSR count). The number of alkyl halides is 4. The largest absolute Gasteiger partial charge is 0.392 e. The number of carbonyl (C=O) groups is 1. The molecule has 8 nitrogen and oxygen atoms in total. The number of carbonyl (C=O) groups excluding carboxylic acids is 1. The summed E-state index contributed by atoms with van der Waals surface area (Å²) in [5, 5.41) is 0. The third-order valence-electron chi connectivity index (χ3n) is 11.9. The zero-order valence-corrected chi connectivity index (χ0v) is 25.3. The number of amides is 1. The molecule has 0 aromatic heterocycles. The minimum Gasteiger partial charge on any atom is -0.380 e. The maximum atomic E-state index is 14.6. The van der Waals surface area contributed by atoms with E-state index in [4.69, 9.17) is 9.47 Å². The molecule has 6 aliphatic rings. The van der Waals surface area contributed by atoms with Gasteiger partial charge in [0.2, 0.25) is 5.91 Å². The zero-order chi connectivity index (χ0) is 29.8. The quantitative estimate of drug-likeness (QED) is 0.413. The molecule has 4 heterocycles. The summed E-state index contributed by atoms with van der Waals surface area (Å²) in [6, 6.07) is -0.311. The number of fused-ring (bicyclic) bond motifs is 1. The first-order valence-corrected chi connectivity index (χ1v) is 16.1. The first-order chi connectivity index (χ1) is 20.0. The standard InChI is InChI=1S/C30H49F4N5O3/c1-4-42-23-10-20(29(15-41-16-29)12-27-36-35-17-37(27)3)9-22(11-23)39-14-25-24(28(39)40)7-19(8-26(25)30(32,33)34)18(2)38-6-5-21(31)13-38/h18-27,35-36H,4-17H2,1-3H3/t18-,19?,20?,21-,22?,23?,24?,25?,26?,27?/m0/s1. The van der Waals surface area contributed by atoms with Crippen LogP contribution in [0.5, 0.6) is 0 Å². The van der Waals surface area contributed by atoms with Crippen molar-refractivity contribution in [1.82, 2.24) is 25.6 Å². The Kier molecular flexibility index (Phi) is 8.87. The van der Waals surface area contributed by atoms with E-state index in [1.807, 2.05) is 23.6 Å². The van der Waals surface area contributed by atoms with Crippen molar-refractivity contribution in [1.29, 1.82) is 0 Å². The van der Waals surface area contributed by atoms with Crippen molar-refractivity contribution < 1.29 is 31.8 Å². The van der Waals surface area contributed by atoms with Gasteiger partial charge in [-0.15, -0.1) is 0 Å². The lowest BCUT2D eigenvalue weighted by molar-refractivity contribution is -0.205. The fourth-order valence-electron chi connectivity index (χ4n) is 9.31. The lowest BCUT2D eigenvalue weighted by Crippen LogP contribution is -2.57. The van der Waals surface area contributed by atoms with Crippen molar-refractivity contribution in [3.8, 4) is 0 Å². The zero-order valence-electron chi connectivity index (χ0n) is 25.3. The van der Waals surface area contributed by atoms with Crippen molar-refractivity contribution in [2.75, 3.05) is 53.2 Å². The van der Waals surface area contributed by atoms with Crippen LogP contribution in [-0.4, -0.2) is 110 Å². The van der Waals surface area contributed by atoms with Crippen LogP contribution < -0.4 is 10.9 Å². The Labute approximate surface area is 247 Å². The summed E-state index contributed by atoms with van der Waals surface area (Å²) >= 11 is 0. The smallest absolute Gasteiger partial charge is 0.380 e. The van der Waals surface area contributed by atoms with Crippen LogP contribution in [0.3, 0.4) is 0 Å². The van der Waals surface area contributed by atoms with Crippen molar-refractivity contribution in [3.63, 3.8) is 0 Å². The lowest BCUT2D eigenvalue weighted by Gasteiger charge is -2.53. The van der Waals surface area contributed by atoms with E-state index in [1.165, 1.54) is 0 Å². The maximum Gasteiger partial charge on any atom is 0.392 e. The van der Waals surface area contributed by atoms with Gasteiger partial charge in [-0.3, -0.25) is 14.6 Å². The Balaban J connectivity index is 1.21. The van der Waals surface area contributed by atoms with Gasteiger partial charge in [-0.1, -0.05) is 0 Å². The second kappa shape index (κ2) is 12.0. The molecule has 4 saturated heterocycles. The fraction of sp³-hybridized carbons (Fsp3) is 0.967. The Morgan fingerprint density at radius 1 is 1.14 bits per heavy atom. The van der Waals surface area contributed by atoms with Gasteiger partial charge in [0.15, 0.2) is 0 Å². The number of rotatable bonds is 8. The van der Waals surface area contributed by atoms with Crippen LogP contribution in [0.25, 0.3) is 0 Å². The van der Waals surface area contributed by atoms with Crippen molar-refractivity contribution in [2.24, 2.45) is 35.0 Å². The van der Waals surface area contributed by atoms with Crippen molar-refractivity contribution in [2.45, 2.75) is 95.5 Å². The van der Waals surface area contributed by atoms with E-state index in [-0.39, 0.29) is 67.0 Å². The first-order valence-electron chi connectivity index (χ1n) is 16.1. The van der Waals surface area contributed by atoms with Gasteiger partial charge >= 0.3 is 6.18 Å². The van der Waals surface area contributed by atoms with Gasteiger partial charge in [0, 0.05) is 49.7 Å². The fourth-order valence-corrected chi connectivity index (χ4v) is 9.31. The molecule has 240 valence electrons. The van der Waals surface area contributed by atoms with Gasteiger partial charge in [0.1, 0.15) is 6.17 Å². The van der Waals surface area contributed by atoms with Crippen molar-refractivity contribution >= 4 is 5.91 Å². The highest BCUT2D eigenvalue weighted by Crippen LogP contribution is 2.54.